The van der Waals surface area contributed by atoms with Gasteiger partial charge >= 0.3 is 11.9 Å². The summed E-state index contributed by atoms with van der Waals surface area (Å²) in [7, 11) is 2.93. The van der Waals surface area contributed by atoms with Crippen LogP contribution in [-0.2, 0) is 23.8 Å². The molecule has 31 heavy (non-hydrogen) atoms. The van der Waals surface area contributed by atoms with E-state index in [0.717, 1.165) is 64.6 Å². The normalized spacial score (nSPS) is 28.7. The van der Waals surface area contributed by atoms with Gasteiger partial charge in [-0.2, -0.15) is 0 Å². The van der Waals surface area contributed by atoms with Crippen LogP contribution in [0.25, 0.3) is 0 Å². The van der Waals surface area contributed by atoms with E-state index in [4.69, 9.17) is 14.2 Å². The summed E-state index contributed by atoms with van der Waals surface area (Å²) in [6, 6.07) is 0. The Balaban J connectivity index is 0.000000464. The van der Waals surface area contributed by atoms with Crippen molar-refractivity contribution >= 4 is 11.9 Å². The summed E-state index contributed by atoms with van der Waals surface area (Å²) in [5.41, 5.74) is -0.261. The standard InChI is InChI=1S/C11H18O2.C10H16O2.C4H8O.CH4/c1-4-6-9-7-5-8-11(9,2)10(12)13-3;1-3-5-8-6-4-7-9(8)10(11)12-2;1-2-4-5-3-1;/h4,9H,1,5-8H2,2-3H3;3,8-9H,1,4-7H2,2H3;1-4H2;1H4/t;8-,9-;;/m.1../s1. The number of esters is 2. The first-order chi connectivity index (χ1) is 14.4. The quantitative estimate of drug-likeness (QED) is 0.369. The van der Waals surface area contributed by atoms with Crippen LogP contribution in [0.5, 0.6) is 0 Å². The lowest BCUT2D eigenvalue weighted by Gasteiger charge is -2.27. The molecule has 5 heteroatoms. The predicted octanol–water partition coefficient (Wildman–Crippen LogP) is 6.13. The molecule has 3 rings (SSSR count). The summed E-state index contributed by atoms with van der Waals surface area (Å²) >= 11 is 0. The van der Waals surface area contributed by atoms with Crippen molar-refractivity contribution in [2.75, 3.05) is 27.4 Å². The summed E-state index contributed by atoms with van der Waals surface area (Å²) in [4.78, 5) is 22.8. The molecule has 3 fully saturated rings. The lowest BCUT2D eigenvalue weighted by molar-refractivity contribution is -0.154. The smallest absolute Gasteiger partial charge is 0.311 e. The summed E-state index contributed by atoms with van der Waals surface area (Å²) in [5, 5.41) is 0. The molecule has 4 atom stereocenters. The molecule has 2 unspecified atom stereocenters. The number of allylic oxidation sites excluding steroid dienone is 2. The summed E-state index contributed by atoms with van der Waals surface area (Å²) in [6.45, 7) is 11.4. The molecule has 0 aromatic heterocycles. The first-order valence-electron chi connectivity index (χ1n) is 11.4. The average molecular weight is 439 g/mol. The molecular weight excluding hydrogens is 392 g/mol. The Morgan fingerprint density at radius 1 is 0.968 bits per heavy atom. The zero-order valence-electron chi connectivity index (χ0n) is 19.3. The second kappa shape index (κ2) is 16.1. The molecule has 0 amide bonds. The second-order valence-corrected chi connectivity index (χ2v) is 8.69. The Hall–Kier alpha value is -1.62. The van der Waals surface area contributed by atoms with E-state index in [-0.39, 0.29) is 30.7 Å². The molecular formula is C26H46O5. The van der Waals surface area contributed by atoms with Crippen molar-refractivity contribution in [2.24, 2.45) is 23.2 Å². The molecule has 0 aromatic rings. The maximum absolute atomic E-state index is 11.6. The van der Waals surface area contributed by atoms with Crippen molar-refractivity contribution in [1.29, 1.82) is 0 Å². The topological polar surface area (TPSA) is 61.8 Å². The first-order valence-corrected chi connectivity index (χ1v) is 11.4. The highest BCUT2D eigenvalue weighted by atomic mass is 16.5. The number of hydrogen-bond acceptors (Lipinski definition) is 5. The summed E-state index contributed by atoms with van der Waals surface area (Å²) in [5.74, 6) is 0.941. The number of hydrogen-bond donors (Lipinski definition) is 0. The fourth-order valence-corrected chi connectivity index (χ4v) is 4.82. The Kier molecular flexibility index (Phi) is 15.2. The Labute approximate surface area is 190 Å². The SMILES string of the molecule is C.C1CCOC1.C=CCC1CCCC1(C)C(=O)OC.C=CC[C@@H]1CCC[C@H]1C(=O)OC. The minimum atomic E-state index is -0.261. The van der Waals surface area contributed by atoms with Crippen molar-refractivity contribution in [2.45, 2.75) is 78.6 Å². The third-order valence-electron chi connectivity index (χ3n) is 6.71. The third-order valence-corrected chi connectivity index (χ3v) is 6.71. The van der Waals surface area contributed by atoms with Crippen molar-refractivity contribution in [1.82, 2.24) is 0 Å². The zero-order chi connectivity index (χ0) is 22.4. The van der Waals surface area contributed by atoms with E-state index in [0.29, 0.717) is 11.8 Å². The number of methoxy groups -OCH3 is 2. The molecule has 2 aliphatic carbocycles. The first kappa shape index (κ1) is 29.4. The molecule has 0 radical (unpaired) electrons. The van der Waals surface area contributed by atoms with E-state index in [1.807, 2.05) is 19.1 Å². The lowest BCUT2D eigenvalue weighted by atomic mass is 9.78. The fourth-order valence-electron chi connectivity index (χ4n) is 4.82. The maximum atomic E-state index is 11.6. The van der Waals surface area contributed by atoms with Crippen molar-refractivity contribution in [3.05, 3.63) is 25.3 Å². The van der Waals surface area contributed by atoms with Crippen LogP contribution >= 0.6 is 0 Å². The van der Waals surface area contributed by atoms with Crippen molar-refractivity contribution in [3.63, 3.8) is 0 Å². The number of rotatable bonds is 6. The Bertz CT molecular complexity index is 532. The Morgan fingerprint density at radius 2 is 1.61 bits per heavy atom. The van der Waals surface area contributed by atoms with Gasteiger partial charge in [0.05, 0.1) is 25.6 Å². The Morgan fingerprint density at radius 3 is 2.10 bits per heavy atom. The van der Waals surface area contributed by atoms with Crippen LogP contribution in [-0.4, -0.2) is 39.4 Å². The molecule has 3 aliphatic rings. The van der Waals surface area contributed by atoms with Crippen LogP contribution in [0.15, 0.2) is 25.3 Å². The van der Waals surface area contributed by atoms with Gasteiger partial charge in [0, 0.05) is 13.2 Å². The predicted molar refractivity (Wildman–Crippen MR) is 127 cm³/mol. The molecule has 0 bridgehead atoms. The van der Waals surface area contributed by atoms with Gasteiger partial charge in [-0.05, 0) is 70.1 Å². The van der Waals surface area contributed by atoms with Crippen LogP contribution in [0.3, 0.4) is 0 Å². The van der Waals surface area contributed by atoms with Gasteiger partial charge in [0.2, 0.25) is 0 Å². The highest BCUT2D eigenvalue weighted by Crippen LogP contribution is 2.45. The van der Waals surface area contributed by atoms with Crippen LogP contribution in [0.4, 0.5) is 0 Å². The monoisotopic (exact) mass is 438 g/mol. The number of ether oxygens (including phenoxy) is 3. The van der Waals surface area contributed by atoms with Gasteiger partial charge in [0.15, 0.2) is 0 Å². The molecule has 0 spiro atoms. The van der Waals surface area contributed by atoms with Gasteiger partial charge < -0.3 is 14.2 Å². The minimum absolute atomic E-state index is 0. The van der Waals surface area contributed by atoms with Gasteiger partial charge in [-0.15, -0.1) is 13.2 Å². The van der Waals surface area contributed by atoms with Crippen molar-refractivity contribution in [3.8, 4) is 0 Å². The molecule has 1 heterocycles. The van der Waals surface area contributed by atoms with Crippen LogP contribution < -0.4 is 0 Å². The molecule has 2 saturated carbocycles. The molecule has 1 aliphatic heterocycles. The van der Waals surface area contributed by atoms with Crippen LogP contribution in [0.2, 0.25) is 0 Å². The average Bonchev–Trinajstić information content (AvgIpc) is 3.52. The fraction of sp³-hybridized carbons (Fsp3) is 0.769. The van der Waals surface area contributed by atoms with E-state index >= 15 is 0 Å². The van der Waals surface area contributed by atoms with E-state index in [2.05, 4.69) is 13.2 Å². The molecule has 0 N–H and O–H groups in total. The van der Waals surface area contributed by atoms with E-state index in [1.165, 1.54) is 27.1 Å². The molecule has 1 saturated heterocycles. The summed E-state index contributed by atoms with van der Waals surface area (Å²) in [6.07, 6.45) is 14.7. The van der Waals surface area contributed by atoms with Gasteiger partial charge in [-0.1, -0.05) is 32.4 Å². The molecule has 180 valence electrons. The van der Waals surface area contributed by atoms with Crippen LogP contribution in [0, 0.1) is 23.2 Å². The lowest BCUT2D eigenvalue weighted by Crippen LogP contribution is -2.32. The number of carbonyl (C=O) groups is 2. The molecule has 0 aromatic carbocycles. The zero-order valence-corrected chi connectivity index (χ0v) is 19.3. The highest BCUT2D eigenvalue weighted by Gasteiger charge is 2.44. The van der Waals surface area contributed by atoms with E-state index < -0.39 is 0 Å². The van der Waals surface area contributed by atoms with Gasteiger partial charge in [0.25, 0.3) is 0 Å². The largest absolute Gasteiger partial charge is 0.469 e. The second-order valence-electron chi connectivity index (χ2n) is 8.69. The molecule has 5 nitrogen and oxygen atoms in total. The van der Waals surface area contributed by atoms with Gasteiger partial charge in [-0.25, -0.2) is 0 Å². The third kappa shape index (κ3) is 9.18. The summed E-state index contributed by atoms with van der Waals surface area (Å²) < 4.78 is 14.5. The highest BCUT2D eigenvalue weighted by molar-refractivity contribution is 5.77. The van der Waals surface area contributed by atoms with Gasteiger partial charge in [-0.3, -0.25) is 9.59 Å². The number of carbonyl (C=O) groups excluding carboxylic acids is 2. The van der Waals surface area contributed by atoms with Crippen LogP contribution in [0.1, 0.15) is 78.6 Å². The maximum Gasteiger partial charge on any atom is 0.311 e. The van der Waals surface area contributed by atoms with Gasteiger partial charge in [0.1, 0.15) is 0 Å². The minimum Gasteiger partial charge on any atom is -0.469 e. The van der Waals surface area contributed by atoms with Crippen molar-refractivity contribution < 1.29 is 23.8 Å². The van der Waals surface area contributed by atoms with E-state index in [9.17, 15) is 9.59 Å². The van der Waals surface area contributed by atoms with E-state index in [1.54, 1.807) is 0 Å².